The van der Waals surface area contributed by atoms with Gasteiger partial charge in [-0.05, 0) is 54.8 Å². The smallest absolute Gasteiger partial charge is 0.325 e. The molecule has 2 aromatic heterocycles. The van der Waals surface area contributed by atoms with E-state index < -0.39 is 23.7 Å². The van der Waals surface area contributed by atoms with Gasteiger partial charge in [-0.1, -0.05) is 37.6 Å². The minimum absolute atomic E-state index is 0.160. The third-order valence-corrected chi connectivity index (χ3v) is 5.80. The third kappa shape index (κ3) is 4.63. The zero-order chi connectivity index (χ0) is 24.4. The van der Waals surface area contributed by atoms with E-state index in [0.717, 1.165) is 10.1 Å². The van der Waals surface area contributed by atoms with Gasteiger partial charge in [0.25, 0.3) is 5.56 Å². The van der Waals surface area contributed by atoms with Crippen LogP contribution in [-0.2, 0) is 17.9 Å². The van der Waals surface area contributed by atoms with E-state index in [9.17, 15) is 14.4 Å². The Hall–Kier alpha value is -3.78. The maximum absolute atomic E-state index is 13.1. The van der Waals surface area contributed by atoms with E-state index in [1.54, 1.807) is 43.3 Å². The van der Waals surface area contributed by atoms with E-state index in [4.69, 9.17) is 11.6 Å². The Morgan fingerprint density at radius 2 is 1.71 bits per heavy atom. The topological polar surface area (TPSA) is 98.9 Å². The number of nitrogens with zero attached hydrogens (tertiary/aromatic N) is 4. The molecule has 0 radical (unpaired) electrons. The van der Waals surface area contributed by atoms with Gasteiger partial charge in [0.05, 0.1) is 0 Å². The van der Waals surface area contributed by atoms with Gasteiger partial charge in [0, 0.05) is 29.0 Å². The average molecular weight is 478 g/mol. The molecule has 0 fully saturated rings. The number of aryl methyl sites for hydroxylation is 1. The number of amides is 1. The number of halogens is 1. The van der Waals surface area contributed by atoms with Crippen LogP contribution < -0.4 is 16.6 Å². The van der Waals surface area contributed by atoms with Crippen LogP contribution in [0.15, 0.2) is 64.3 Å². The molecular weight excluding hydrogens is 454 g/mol. The van der Waals surface area contributed by atoms with E-state index in [1.807, 2.05) is 12.1 Å². The predicted molar refractivity (Wildman–Crippen MR) is 133 cm³/mol. The SMILES string of the molecule is CCn1c(=O)n(CC(=O)Nc2ccc(C(C)C)cc2)c(=O)c2cnc(-c3ccc(Cl)cc3)nc21. The summed E-state index contributed by atoms with van der Waals surface area (Å²) in [4.78, 5) is 47.6. The highest BCUT2D eigenvalue weighted by Crippen LogP contribution is 2.19. The number of carbonyl (C=O) groups is 1. The number of fused-ring (bicyclic) bond motifs is 1. The number of anilines is 1. The summed E-state index contributed by atoms with van der Waals surface area (Å²) in [6.07, 6.45) is 1.39. The van der Waals surface area contributed by atoms with Crippen LogP contribution in [0.1, 0.15) is 32.3 Å². The van der Waals surface area contributed by atoms with E-state index in [-0.39, 0.29) is 17.6 Å². The predicted octanol–water partition coefficient (Wildman–Crippen LogP) is 4.06. The number of benzene rings is 2. The van der Waals surface area contributed by atoms with Gasteiger partial charge in [-0.3, -0.25) is 18.7 Å². The molecule has 1 N–H and O–H groups in total. The Kier molecular flexibility index (Phi) is 6.61. The first-order chi connectivity index (χ1) is 16.3. The van der Waals surface area contributed by atoms with Gasteiger partial charge in [0.1, 0.15) is 11.9 Å². The molecule has 0 saturated carbocycles. The average Bonchev–Trinajstić information content (AvgIpc) is 2.82. The molecule has 8 nitrogen and oxygen atoms in total. The number of hydrogen-bond donors (Lipinski definition) is 1. The van der Waals surface area contributed by atoms with E-state index in [0.29, 0.717) is 28.0 Å². The highest BCUT2D eigenvalue weighted by molar-refractivity contribution is 6.30. The molecule has 0 saturated heterocycles. The lowest BCUT2D eigenvalue weighted by Crippen LogP contribution is -2.42. The van der Waals surface area contributed by atoms with Gasteiger partial charge in [0.15, 0.2) is 11.5 Å². The minimum atomic E-state index is -0.613. The Bertz CT molecular complexity index is 1470. The molecule has 9 heteroatoms. The van der Waals surface area contributed by atoms with Crippen molar-refractivity contribution < 1.29 is 4.79 Å². The van der Waals surface area contributed by atoms with Crippen molar-refractivity contribution in [3.63, 3.8) is 0 Å². The summed E-state index contributed by atoms with van der Waals surface area (Å²) < 4.78 is 2.28. The molecule has 1 amide bonds. The molecular formula is C25H24ClN5O3. The summed E-state index contributed by atoms with van der Waals surface area (Å²) in [6, 6.07) is 14.4. The zero-order valence-corrected chi connectivity index (χ0v) is 19.8. The molecule has 4 aromatic rings. The Balaban J connectivity index is 1.68. The number of nitrogens with one attached hydrogen (secondary N) is 1. The molecule has 174 valence electrons. The van der Waals surface area contributed by atoms with Crippen molar-refractivity contribution in [1.29, 1.82) is 0 Å². The lowest BCUT2D eigenvalue weighted by molar-refractivity contribution is -0.116. The second-order valence-corrected chi connectivity index (χ2v) is 8.62. The number of carbonyl (C=O) groups excluding carboxylic acids is 1. The number of aromatic nitrogens is 4. The fraction of sp³-hybridized carbons (Fsp3) is 0.240. The maximum atomic E-state index is 13.1. The Morgan fingerprint density at radius 3 is 2.32 bits per heavy atom. The standard InChI is InChI=1S/C25H24ClN5O3/c1-4-30-23-20(13-27-22(29-23)17-5-9-18(26)10-6-17)24(33)31(25(30)34)14-21(32)28-19-11-7-16(8-12-19)15(2)3/h5-13,15H,4,14H2,1-3H3,(H,28,32). The third-order valence-electron chi connectivity index (χ3n) is 5.54. The van der Waals surface area contributed by atoms with Gasteiger partial charge in [-0.25, -0.2) is 14.8 Å². The van der Waals surface area contributed by atoms with Crippen molar-refractivity contribution in [1.82, 2.24) is 19.1 Å². The van der Waals surface area contributed by atoms with Crippen LogP contribution in [-0.4, -0.2) is 25.0 Å². The van der Waals surface area contributed by atoms with Crippen LogP contribution in [0.3, 0.4) is 0 Å². The first kappa shape index (κ1) is 23.4. The molecule has 0 spiro atoms. The molecule has 34 heavy (non-hydrogen) atoms. The maximum Gasteiger partial charge on any atom is 0.333 e. The van der Waals surface area contributed by atoms with Crippen molar-refractivity contribution in [3.05, 3.63) is 86.2 Å². The fourth-order valence-electron chi connectivity index (χ4n) is 3.66. The molecule has 0 bridgehead atoms. The quantitative estimate of drug-likeness (QED) is 0.451. The van der Waals surface area contributed by atoms with Crippen LogP contribution in [0.4, 0.5) is 5.69 Å². The van der Waals surface area contributed by atoms with Crippen LogP contribution in [0, 0.1) is 0 Å². The molecule has 4 rings (SSSR count). The Morgan fingerprint density at radius 1 is 1.03 bits per heavy atom. The van der Waals surface area contributed by atoms with E-state index in [1.165, 1.54) is 10.8 Å². The normalized spacial score (nSPS) is 11.2. The summed E-state index contributed by atoms with van der Waals surface area (Å²) in [5, 5.41) is 3.48. The van der Waals surface area contributed by atoms with Crippen molar-refractivity contribution >= 4 is 34.2 Å². The second-order valence-electron chi connectivity index (χ2n) is 8.18. The Labute approximate surface area is 200 Å². The fourth-order valence-corrected chi connectivity index (χ4v) is 3.78. The molecule has 0 aliphatic rings. The highest BCUT2D eigenvalue weighted by atomic mass is 35.5. The summed E-state index contributed by atoms with van der Waals surface area (Å²) in [5.74, 6) is 0.263. The molecule has 0 aliphatic carbocycles. The van der Waals surface area contributed by atoms with Crippen LogP contribution >= 0.6 is 11.6 Å². The van der Waals surface area contributed by atoms with Crippen molar-refractivity contribution in [2.24, 2.45) is 0 Å². The lowest BCUT2D eigenvalue weighted by atomic mass is 10.0. The largest absolute Gasteiger partial charge is 0.333 e. The lowest BCUT2D eigenvalue weighted by Gasteiger charge is -2.13. The molecule has 0 unspecified atom stereocenters. The van der Waals surface area contributed by atoms with Gasteiger partial charge in [-0.15, -0.1) is 0 Å². The molecule has 0 atom stereocenters. The number of rotatable bonds is 6. The van der Waals surface area contributed by atoms with E-state index >= 15 is 0 Å². The summed E-state index contributed by atoms with van der Waals surface area (Å²) in [7, 11) is 0. The summed E-state index contributed by atoms with van der Waals surface area (Å²) >= 11 is 5.95. The van der Waals surface area contributed by atoms with Gasteiger partial charge >= 0.3 is 5.69 Å². The summed E-state index contributed by atoms with van der Waals surface area (Å²) in [6.45, 7) is 5.79. The van der Waals surface area contributed by atoms with Gasteiger partial charge < -0.3 is 5.32 Å². The van der Waals surface area contributed by atoms with E-state index in [2.05, 4.69) is 29.1 Å². The van der Waals surface area contributed by atoms with Crippen LogP contribution in [0.25, 0.3) is 22.4 Å². The first-order valence-electron chi connectivity index (χ1n) is 10.9. The summed E-state index contributed by atoms with van der Waals surface area (Å²) in [5.41, 5.74) is 1.44. The first-order valence-corrected chi connectivity index (χ1v) is 11.3. The van der Waals surface area contributed by atoms with Crippen molar-refractivity contribution in [3.8, 4) is 11.4 Å². The van der Waals surface area contributed by atoms with Crippen LogP contribution in [0.2, 0.25) is 5.02 Å². The van der Waals surface area contributed by atoms with Crippen molar-refractivity contribution in [2.45, 2.75) is 39.8 Å². The van der Waals surface area contributed by atoms with Gasteiger partial charge in [-0.2, -0.15) is 0 Å². The second kappa shape index (κ2) is 9.61. The van der Waals surface area contributed by atoms with Crippen molar-refractivity contribution in [2.75, 3.05) is 5.32 Å². The molecule has 2 aromatic carbocycles. The zero-order valence-electron chi connectivity index (χ0n) is 19.1. The molecule has 0 aliphatic heterocycles. The number of hydrogen-bond acceptors (Lipinski definition) is 5. The monoisotopic (exact) mass is 477 g/mol. The van der Waals surface area contributed by atoms with Crippen LogP contribution in [0.5, 0.6) is 0 Å². The molecule has 2 heterocycles. The van der Waals surface area contributed by atoms with Gasteiger partial charge in [0.2, 0.25) is 5.91 Å². The minimum Gasteiger partial charge on any atom is -0.325 e. The highest BCUT2D eigenvalue weighted by Gasteiger charge is 2.17.